The number of rotatable bonds is 5. The zero-order valence-electron chi connectivity index (χ0n) is 17.9. The van der Waals surface area contributed by atoms with Crippen LogP contribution in [0.3, 0.4) is 0 Å². The van der Waals surface area contributed by atoms with E-state index >= 15 is 0 Å². The Morgan fingerprint density at radius 1 is 1.17 bits per heavy atom. The highest BCUT2D eigenvalue weighted by atomic mass is 16.5. The van der Waals surface area contributed by atoms with E-state index in [9.17, 15) is 5.11 Å². The highest BCUT2D eigenvalue weighted by molar-refractivity contribution is 5.85. The largest absolute Gasteiger partial charge is 0.497 e. The molecule has 1 saturated heterocycles. The summed E-state index contributed by atoms with van der Waals surface area (Å²) in [5.41, 5.74) is 2.66. The lowest BCUT2D eigenvalue weighted by Gasteiger charge is -2.52. The summed E-state index contributed by atoms with van der Waals surface area (Å²) in [6, 6.07) is 12.3. The Balaban J connectivity index is 1.44. The number of methoxy groups -OCH3 is 1. The summed E-state index contributed by atoms with van der Waals surface area (Å²) in [6.07, 6.45) is 7.42. The van der Waals surface area contributed by atoms with Crippen LogP contribution in [0.4, 0.5) is 0 Å². The molecule has 1 saturated carbocycles. The van der Waals surface area contributed by atoms with Gasteiger partial charge in [-0.3, -0.25) is 9.88 Å². The van der Waals surface area contributed by atoms with Crippen molar-refractivity contribution in [3.05, 3.63) is 60.0 Å². The Kier molecular flexibility index (Phi) is 5.03. The lowest BCUT2D eigenvalue weighted by Crippen LogP contribution is -2.58. The van der Waals surface area contributed by atoms with Gasteiger partial charge in [0, 0.05) is 61.3 Å². The van der Waals surface area contributed by atoms with E-state index in [0.29, 0.717) is 0 Å². The number of aromatic nitrogens is 2. The molecule has 3 heterocycles. The SMILES string of the molecule is CCn1cc(CN2C[C@@H]3CCC[C@@H](C2)C3(O)c2ccccn2)c2cc(OC)ccc21. The van der Waals surface area contributed by atoms with E-state index in [2.05, 4.69) is 39.7 Å². The van der Waals surface area contributed by atoms with Crippen molar-refractivity contribution in [2.75, 3.05) is 20.2 Å². The summed E-state index contributed by atoms with van der Waals surface area (Å²) in [4.78, 5) is 7.10. The Bertz CT molecular complexity index is 1020. The second-order valence-corrected chi connectivity index (χ2v) is 8.88. The second-order valence-electron chi connectivity index (χ2n) is 8.88. The van der Waals surface area contributed by atoms with E-state index in [1.54, 1.807) is 7.11 Å². The molecule has 1 aromatic carbocycles. The maximum Gasteiger partial charge on any atom is 0.119 e. The van der Waals surface area contributed by atoms with Crippen molar-refractivity contribution in [3.63, 3.8) is 0 Å². The number of hydrogen-bond acceptors (Lipinski definition) is 4. The Morgan fingerprint density at radius 3 is 2.63 bits per heavy atom. The molecule has 0 amide bonds. The number of likely N-dealkylation sites (tertiary alicyclic amines) is 1. The second kappa shape index (κ2) is 7.71. The molecule has 2 fully saturated rings. The molecule has 5 nitrogen and oxygen atoms in total. The van der Waals surface area contributed by atoms with Gasteiger partial charge in [0.25, 0.3) is 0 Å². The number of aliphatic hydroxyl groups is 1. The van der Waals surface area contributed by atoms with E-state index in [1.165, 1.54) is 22.9 Å². The number of pyridine rings is 1. The molecular formula is C25H31N3O2. The molecule has 5 rings (SSSR count). The maximum absolute atomic E-state index is 11.8. The fraction of sp³-hybridized carbons (Fsp3) is 0.480. The van der Waals surface area contributed by atoms with E-state index in [1.807, 2.05) is 30.5 Å². The first kappa shape index (κ1) is 19.6. The third-order valence-corrected chi connectivity index (χ3v) is 7.29. The first-order valence-corrected chi connectivity index (χ1v) is 11.2. The zero-order valence-corrected chi connectivity index (χ0v) is 17.9. The number of hydrogen-bond donors (Lipinski definition) is 1. The van der Waals surface area contributed by atoms with Gasteiger partial charge in [-0.1, -0.05) is 12.5 Å². The van der Waals surface area contributed by atoms with Crippen molar-refractivity contribution in [1.82, 2.24) is 14.5 Å². The van der Waals surface area contributed by atoms with Crippen LogP contribution in [0.15, 0.2) is 48.8 Å². The van der Waals surface area contributed by atoms with Crippen LogP contribution in [0, 0.1) is 11.8 Å². The molecule has 5 heteroatoms. The minimum absolute atomic E-state index is 0.231. The fourth-order valence-corrected chi connectivity index (χ4v) is 5.80. The van der Waals surface area contributed by atoms with E-state index < -0.39 is 5.60 Å². The maximum atomic E-state index is 11.8. The van der Waals surface area contributed by atoms with Gasteiger partial charge in [-0.25, -0.2) is 0 Å². The number of aryl methyl sites for hydroxylation is 1. The number of fused-ring (bicyclic) bond motifs is 3. The molecule has 0 unspecified atom stereocenters. The summed E-state index contributed by atoms with van der Waals surface area (Å²) < 4.78 is 7.80. The number of piperidine rings is 1. The lowest BCUT2D eigenvalue weighted by atomic mass is 9.64. The van der Waals surface area contributed by atoms with E-state index in [-0.39, 0.29) is 11.8 Å². The topological polar surface area (TPSA) is 50.5 Å². The van der Waals surface area contributed by atoms with Gasteiger partial charge in [-0.15, -0.1) is 0 Å². The van der Waals surface area contributed by atoms with Crippen molar-refractivity contribution in [1.29, 1.82) is 0 Å². The summed E-state index contributed by atoms with van der Waals surface area (Å²) in [7, 11) is 1.72. The van der Waals surface area contributed by atoms with Crippen molar-refractivity contribution in [2.45, 2.75) is 44.9 Å². The molecule has 1 N–H and O–H groups in total. The van der Waals surface area contributed by atoms with Crippen LogP contribution in [0.2, 0.25) is 0 Å². The molecule has 2 aliphatic rings. The first-order valence-electron chi connectivity index (χ1n) is 11.2. The van der Waals surface area contributed by atoms with Gasteiger partial charge >= 0.3 is 0 Å². The standard InChI is InChI=1S/C25H31N3O2/c1-3-28-15-18(22-13-21(30-2)10-11-23(22)28)14-27-16-19-7-6-8-20(17-27)25(19,29)24-9-4-5-12-26-24/h4-5,9-13,15,19-20,29H,3,6-8,14,16-17H2,1-2H3/t19-,20-/m0/s1. The van der Waals surface area contributed by atoms with Gasteiger partial charge in [-0.2, -0.15) is 0 Å². The van der Waals surface area contributed by atoms with Crippen LogP contribution in [-0.2, 0) is 18.7 Å². The Labute approximate surface area is 178 Å². The van der Waals surface area contributed by atoms with Crippen molar-refractivity contribution in [2.24, 2.45) is 11.8 Å². The molecule has 0 radical (unpaired) electrons. The van der Waals surface area contributed by atoms with Crippen LogP contribution in [-0.4, -0.2) is 39.8 Å². The average Bonchev–Trinajstić information content (AvgIpc) is 3.11. The van der Waals surface area contributed by atoms with Crippen LogP contribution in [0.1, 0.15) is 37.4 Å². The predicted octanol–water partition coefficient (Wildman–Crippen LogP) is 4.18. The highest BCUT2D eigenvalue weighted by Crippen LogP contribution is 2.48. The van der Waals surface area contributed by atoms with Crippen molar-refractivity contribution >= 4 is 10.9 Å². The molecule has 158 valence electrons. The minimum Gasteiger partial charge on any atom is -0.497 e. The highest BCUT2D eigenvalue weighted by Gasteiger charge is 2.52. The number of benzene rings is 1. The third kappa shape index (κ3) is 3.12. The van der Waals surface area contributed by atoms with Gasteiger partial charge in [0.1, 0.15) is 11.4 Å². The van der Waals surface area contributed by atoms with Gasteiger partial charge < -0.3 is 14.4 Å². The van der Waals surface area contributed by atoms with Crippen LogP contribution in [0.5, 0.6) is 5.75 Å². The van der Waals surface area contributed by atoms with Gasteiger partial charge in [-0.05, 0) is 55.7 Å². The molecule has 1 aliphatic carbocycles. The van der Waals surface area contributed by atoms with Crippen LogP contribution >= 0.6 is 0 Å². The minimum atomic E-state index is -0.795. The molecule has 30 heavy (non-hydrogen) atoms. The third-order valence-electron chi connectivity index (χ3n) is 7.29. The lowest BCUT2D eigenvalue weighted by molar-refractivity contribution is -0.151. The van der Waals surface area contributed by atoms with E-state index in [4.69, 9.17) is 4.74 Å². The Hall–Kier alpha value is -2.37. The van der Waals surface area contributed by atoms with Gasteiger partial charge in [0.05, 0.1) is 12.8 Å². The predicted molar refractivity (Wildman–Crippen MR) is 118 cm³/mol. The van der Waals surface area contributed by atoms with Gasteiger partial charge in [0.15, 0.2) is 0 Å². The summed E-state index contributed by atoms with van der Waals surface area (Å²) in [5.74, 6) is 1.36. The van der Waals surface area contributed by atoms with Crippen LogP contribution < -0.4 is 4.74 Å². The number of nitrogens with zero attached hydrogens (tertiary/aromatic N) is 3. The van der Waals surface area contributed by atoms with Crippen molar-refractivity contribution in [3.8, 4) is 5.75 Å². The number of ether oxygens (including phenoxy) is 1. The molecular weight excluding hydrogens is 374 g/mol. The quantitative estimate of drug-likeness (QED) is 0.692. The average molecular weight is 406 g/mol. The van der Waals surface area contributed by atoms with Gasteiger partial charge in [0.2, 0.25) is 0 Å². The zero-order chi connectivity index (χ0) is 20.7. The molecule has 2 aromatic heterocycles. The first-order chi connectivity index (χ1) is 14.6. The fourth-order valence-electron chi connectivity index (χ4n) is 5.80. The van der Waals surface area contributed by atoms with Crippen molar-refractivity contribution < 1.29 is 9.84 Å². The van der Waals surface area contributed by atoms with E-state index in [0.717, 1.165) is 50.5 Å². The molecule has 1 aliphatic heterocycles. The molecule has 3 aromatic rings. The monoisotopic (exact) mass is 405 g/mol. The molecule has 0 spiro atoms. The van der Waals surface area contributed by atoms with Crippen LogP contribution in [0.25, 0.3) is 10.9 Å². The molecule has 2 bridgehead atoms. The smallest absolute Gasteiger partial charge is 0.119 e. The molecule has 2 atom stereocenters. The summed E-state index contributed by atoms with van der Waals surface area (Å²) in [6.45, 7) is 5.86. The summed E-state index contributed by atoms with van der Waals surface area (Å²) >= 11 is 0. The summed E-state index contributed by atoms with van der Waals surface area (Å²) in [5, 5.41) is 13.0. The Morgan fingerprint density at radius 2 is 1.97 bits per heavy atom. The normalized spacial score (nSPS) is 26.8.